The highest BCUT2D eigenvalue weighted by Crippen LogP contribution is 2.28. The Bertz CT molecular complexity index is 622. The minimum atomic E-state index is -0.872. The molecule has 0 atom stereocenters. The predicted octanol–water partition coefficient (Wildman–Crippen LogP) is 2.95. The molecule has 0 fully saturated rings. The lowest BCUT2D eigenvalue weighted by molar-refractivity contribution is 0.0697. The van der Waals surface area contributed by atoms with E-state index < -0.39 is 5.97 Å². The highest BCUT2D eigenvalue weighted by molar-refractivity contribution is 5.87. The number of hydrogen-bond donors (Lipinski definition) is 1. The molecule has 1 aliphatic heterocycles. The zero-order valence-electron chi connectivity index (χ0n) is 10.5. The maximum Gasteiger partial charge on any atom is 0.335 e. The van der Waals surface area contributed by atoms with Crippen LogP contribution in [0, 0.1) is 0 Å². The number of carbonyl (C=O) groups is 1. The van der Waals surface area contributed by atoms with E-state index in [1.54, 1.807) is 18.2 Å². The van der Waals surface area contributed by atoms with E-state index in [1.165, 1.54) is 11.3 Å². The second-order valence-electron chi connectivity index (χ2n) is 4.81. The molecule has 96 valence electrons. The Kier molecular flexibility index (Phi) is 2.95. The van der Waals surface area contributed by atoms with Gasteiger partial charge < -0.3 is 10.0 Å². The first-order valence-electron chi connectivity index (χ1n) is 6.39. The number of aromatic carboxylic acids is 1. The largest absolute Gasteiger partial charge is 0.478 e. The number of rotatable bonds is 3. The third kappa shape index (κ3) is 2.32. The zero-order valence-corrected chi connectivity index (χ0v) is 10.5. The summed E-state index contributed by atoms with van der Waals surface area (Å²) < 4.78 is 0. The summed E-state index contributed by atoms with van der Waals surface area (Å²) in [5.41, 5.74) is 4.03. The van der Waals surface area contributed by atoms with Gasteiger partial charge >= 0.3 is 5.97 Å². The Morgan fingerprint density at radius 1 is 1.16 bits per heavy atom. The fourth-order valence-corrected chi connectivity index (χ4v) is 2.59. The summed E-state index contributed by atoms with van der Waals surface area (Å²) in [6, 6.07) is 15.6. The Hall–Kier alpha value is -2.29. The van der Waals surface area contributed by atoms with E-state index in [2.05, 4.69) is 23.1 Å². The van der Waals surface area contributed by atoms with E-state index in [-0.39, 0.29) is 0 Å². The highest BCUT2D eigenvalue weighted by Gasteiger charge is 2.18. The van der Waals surface area contributed by atoms with Crippen LogP contribution in [0.5, 0.6) is 0 Å². The minimum Gasteiger partial charge on any atom is -0.478 e. The van der Waals surface area contributed by atoms with Crippen molar-refractivity contribution in [2.45, 2.75) is 13.0 Å². The summed E-state index contributed by atoms with van der Waals surface area (Å²) in [6.07, 6.45) is 1.06. The first-order valence-corrected chi connectivity index (χ1v) is 6.39. The molecular formula is C16H15NO2. The molecular weight excluding hydrogens is 238 g/mol. The lowest BCUT2D eigenvalue weighted by Gasteiger charge is -2.19. The van der Waals surface area contributed by atoms with Crippen molar-refractivity contribution in [1.82, 2.24) is 0 Å². The SMILES string of the molecule is O=C(O)c1cccc(CN2CCc3ccccc32)c1. The lowest BCUT2D eigenvalue weighted by atomic mass is 10.1. The molecule has 0 unspecified atom stereocenters. The molecule has 0 radical (unpaired) electrons. The molecule has 3 rings (SSSR count). The van der Waals surface area contributed by atoms with E-state index in [1.807, 2.05) is 12.1 Å². The summed E-state index contributed by atoms with van der Waals surface area (Å²) in [7, 11) is 0. The van der Waals surface area contributed by atoms with Crippen LogP contribution in [0.1, 0.15) is 21.5 Å². The molecule has 0 saturated heterocycles. The molecule has 0 spiro atoms. The predicted molar refractivity (Wildman–Crippen MR) is 74.6 cm³/mol. The molecule has 19 heavy (non-hydrogen) atoms. The average molecular weight is 253 g/mol. The van der Waals surface area contributed by atoms with Gasteiger partial charge in [-0.05, 0) is 35.7 Å². The monoisotopic (exact) mass is 253 g/mol. The van der Waals surface area contributed by atoms with Gasteiger partial charge in [0.15, 0.2) is 0 Å². The van der Waals surface area contributed by atoms with Crippen LogP contribution in [0.2, 0.25) is 0 Å². The maximum absolute atomic E-state index is 11.0. The fraction of sp³-hybridized carbons (Fsp3) is 0.188. The molecule has 3 heteroatoms. The Morgan fingerprint density at radius 2 is 2.00 bits per heavy atom. The van der Waals surface area contributed by atoms with Gasteiger partial charge in [-0.2, -0.15) is 0 Å². The van der Waals surface area contributed by atoms with Gasteiger partial charge in [0.05, 0.1) is 5.56 Å². The molecule has 2 aromatic carbocycles. The summed E-state index contributed by atoms with van der Waals surface area (Å²) in [4.78, 5) is 13.3. The second kappa shape index (κ2) is 4.76. The number of hydrogen-bond acceptors (Lipinski definition) is 2. The molecule has 1 N–H and O–H groups in total. The van der Waals surface area contributed by atoms with Crippen molar-refractivity contribution in [3.05, 3.63) is 65.2 Å². The Labute approximate surface area is 112 Å². The van der Waals surface area contributed by atoms with Gasteiger partial charge in [-0.25, -0.2) is 4.79 Å². The second-order valence-corrected chi connectivity index (χ2v) is 4.81. The first-order chi connectivity index (χ1) is 9.24. The molecule has 3 nitrogen and oxygen atoms in total. The maximum atomic E-state index is 11.0. The van der Waals surface area contributed by atoms with Crippen LogP contribution in [-0.2, 0) is 13.0 Å². The number of carboxylic acids is 1. The zero-order chi connectivity index (χ0) is 13.2. The molecule has 2 aromatic rings. The Morgan fingerprint density at radius 3 is 2.84 bits per heavy atom. The third-order valence-electron chi connectivity index (χ3n) is 3.53. The van der Waals surface area contributed by atoms with Crippen LogP contribution in [0.25, 0.3) is 0 Å². The molecule has 0 bridgehead atoms. The number of nitrogens with zero attached hydrogens (tertiary/aromatic N) is 1. The van der Waals surface area contributed by atoms with Crippen molar-refractivity contribution in [2.24, 2.45) is 0 Å². The number of carboxylic acid groups (broad SMARTS) is 1. The van der Waals surface area contributed by atoms with Crippen molar-refractivity contribution < 1.29 is 9.90 Å². The number of fused-ring (bicyclic) bond motifs is 1. The lowest BCUT2D eigenvalue weighted by Crippen LogP contribution is -2.19. The number of benzene rings is 2. The van der Waals surface area contributed by atoms with Crippen molar-refractivity contribution in [3.8, 4) is 0 Å². The van der Waals surface area contributed by atoms with E-state index in [0.29, 0.717) is 5.56 Å². The number of anilines is 1. The summed E-state index contributed by atoms with van der Waals surface area (Å²) >= 11 is 0. The quantitative estimate of drug-likeness (QED) is 0.914. The van der Waals surface area contributed by atoms with Gasteiger partial charge in [0.2, 0.25) is 0 Å². The van der Waals surface area contributed by atoms with Crippen molar-refractivity contribution in [3.63, 3.8) is 0 Å². The van der Waals surface area contributed by atoms with E-state index >= 15 is 0 Å². The molecule has 0 aliphatic carbocycles. The molecule has 0 saturated carbocycles. The van der Waals surface area contributed by atoms with Crippen LogP contribution in [0.15, 0.2) is 48.5 Å². The van der Waals surface area contributed by atoms with Crippen LogP contribution in [0.3, 0.4) is 0 Å². The summed E-state index contributed by atoms with van der Waals surface area (Å²) in [5.74, 6) is -0.872. The van der Waals surface area contributed by atoms with Gasteiger partial charge in [-0.1, -0.05) is 30.3 Å². The molecule has 1 aliphatic rings. The van der Waals surface area contributed by atoms with Crippen molar-refractivity contribution in [2.75, 3.05) is 11.4 Å². The summed E-state index contributed by atoms with van der Waals surface area (Å²) in [6.45, 7) is 1.76. The van der Waals surface area contributed by atoms with Crippen LogP contribution >= 0.6 is 0 Å². The smallest absolute Gasteiger partial charge is 0.335 e. The van der Waals surface area contributed by atoms with Crippen LogP contribution in [-0.4, -0.2) is 17.6 Å². The van der Waals surface area contributed by atoms with Gasteiger partial charge in [-0.3, -0.25) is 0 Å². The molecule has 1 heterocycles. The topological polar surface area (TPSA) is 40.5 Å². The van der Waals surface area contributed by atoms with Gasteiger partial charge in [0, 0.05) is 18.8 Å². The average Bonchev–Trinajstić information content (AvgIpc) is 2.83. The molecule has 0 aromatic heterocycles. The van der Waals surface area contributed by atoms with E-state index in [4.69, 9.17) is 5.11 Å². The van der Waals surface area contributed by atoms with Gasteiger partial charge in [-0.15, -0.1) is 0 Å². The standard InChI is InChI=1S/C16H15NO2/c18-16(19)14-6-3-4-12(10-14)11-17-9-8-13-5-1-2-7-15(13)17/h1-7,10H,8-9,11H2,(H,18,19). The highest BCUT2D eigenvalue weighted by atomic mass is 16.4. The summed E-state index contributed by atoms with van der Waals surface area (Å²) in [5, 5.41) is 9.01. The van der Waals surface area contributed by atoms with E-state index in [9.17, 15) is 4.79 Å². The van der Waals surface area contributed by atoms with Gasteiger partial charge in [0.25, 0.3) is 0 Å². The van der Waals surface area contributed by atoms with Crippen LogP contribution < -0.4 is 4.90 Å². The van der Waals surface area contributed by atoms with Crippen LogP contribution in [0.4, 0.5) is 5.69 Å². The molecule has 0 amide bonds. The van der Waals surface area contributed by atoms with Crippen molar-refractivity contribution in [1.29, 1.82) is 0 Å². The van der Waals surface area contributed by atoms with E-state index in [0.717, 1.165) is 25.1 Å². The Balaban J connectivity index is 1.83. The minimum absolute atomic E-state index is 0.352. The first kappa shape index (κ1) is 11.8. The third-order valence-corrected chi connectivity index (χ3v) is 3.53. The number of para-hydroxylation sites is 1. The fourth-order valence-electron chi connectivity index (χ4n) is 2.59. The van der Waals surface area contributed by atoms with Crippen molar-refractivity contribution >= 4 is 11.7 Å². The normalized spacial score (nSPS) is 13.4. The van der Waals surface area contributed by atoms with Gasteiger partial charge in [0.1, 0.15) is 0 Å².